The zero-order valence-electron chi connectivity index (χ0n) is 17.7. The van der Waals surface area contributed by atoms with E-state index in [4.69, 9.17) is 4.42 Å². The predicted molar refractivity (Wildman–Crippen MR) is 120 cm³/mol. The summed E-state index contributed by atoms with van der Waals surface area (Å²) in [6.45, 7) is 0.425. The van der Waals surface area contributed by atoms with Crippen molar-refractivity contribution in [2.45, 2.75) is 56.3 Å². The number of carbonyl (C=O) groups excluding carboxylic acids is 1. The monoisotopic (exact) mass is 452 g/mol. The molecule has 1 amide bonds. The summed E-state index contributed by atoms with van der Waals surface area (Å²) in [5.74, 6) is 1.22. The van der Waals surface area contributed by atoms with Crippen LogP contribution < -0.4 is 0 Å². The third-order valence-electron chi connectivity index (χ3n) is 5.82. The van der Waals surface area contributed by atoms with Crippen LogP contribution >= 0.6 is 11.8 Å². The maximum atomic E-state index is 14.4. The minimum Gasteiger partial charge on any atom is -0.467 e. The quantitative estimate of drug-likeness (QED) is 0.417. The smallest absolute Gasteiger partial charge is 0.237 e. The van der Waals surface area contributed by atoms with Gasteiger partial charge in [-0.15, -0.1) is 10.2 Å². The minimum atomic E-state index is -0.316. The van der Waals surface area contributed by atoms with Crippen LogP contribution in [0.25, 0.3) is 11.4 Å². The fourth-order valence-electron chi connectivity index (χ4n) is 4.04. The number of furan rings is 1. The molecule has 3 aromatic rings. The third kappa shape index (κ3) is 4.50. The summed E-state index contributed by atoms with van der Waals surface area (Å²) < 4.78 is 21.9. The second-order valence-electron chi connectivity index (χ2n) is 8.18. The summed E-state index contributed by atoms with van der Waals surface area (Å²) in [7, 11) is 0. The Hall–Kier alpha value is -2.87. The van der Waals surface area contributed by atoms with Gasteiger partial charge in [0.2, 0.25) is 5.91 Å². The van der Waals surface area contributed by atoms with Gasteiger partial charge in [-0.2, -0.15) is 0 Å². The number of allylic oxidation sites excluding steroid dienone is 2. The van der Waals surface area contributed by atoms with Crippen molar-refractivity contribution in [3.05, 3.63) is 66.0 Å². The molecular formula is C24H25FN4O2S. The standard InChI is InChI=1S/C24H25FN4O2S/c25-21-11-5-4-10-20(21)23-26-27-24(29(23)18-12-13-18)32-16-22(30)28(15-19-9-6-14-31-19)17-7-2-1-3-8-17/h4-7,9-11,14,18H,1-3,8,12-13,15-16H2. The first-order valence-corrected chi connectivity index (χ1v) is 12.0. The van der Waals surface area contributed by atoms with E-state index in [2.05, 4.69) is 16.3 Å². The molecule has 0 atom stereocenters. The van der Waals surface area contributed by atoms with Crippen molar-refractivity contribution in [1.29, 1.82) is 0 Å². The van der Waals surface area contributed by atoms with Gasteiger partial charge in [0.1, 0.15) is 11.6 Å². The fourth-order valence-corrected chi connectivity index (χ4v) is 4.92. The zero-order valence-corrected chi connectivity index (χ0v) is 18.6. The molecule has 0 unspecified atom stereocenters. The topological polar surface area (TPSA) is 64.2 Å². The molecular weight excluding hydrogens is 427 g/mol. The van der Waals surface area contributed by atoms with E-state index in [1.165, 1.54) is 17.8 Å². The van der Waals surface area contributed by atoms with Gasteiger partial charge in [-0.05, 0) is 62.8 Å². The van der Waals surface area contributed by atoms with Crippen molar-refractivity contribution in [2.75, 3.05) is 5.75 Å². The highest BCUT2D eigenvalue weighted by Crippen LogP contribution is 2.41. The molecule has 0 N–H and O–H groups in total. The van der Waals surface area contributed by atoms with E-state index >= 15 is 0 Å². The first-order valence-electron chi connectivity index (χ1n) is 11.0. The van der Waals surface area contributed by atoms with E-state index in [-0.39, 0.29) is 23.5 Å². The molecule has 8 heteroatoms. The zero-order chi connectivity index (χ0) is 21.9. The molecule has 166 valence electrons. The second-order valence-corrected chi connectivity index (χ2v) is 9.12. The Labute approximate surface area is 190 Å². The van der Waals surface area contributed by atoms with Crippen molar-refractivity contribution < 1.29 is 13.6 Å². The number of nitrogens with zero attached hydrogens (tertiary/aromatic N) is 4. The first kappa shape index (κ1) is 21.0. The van der Waals surface area contributed by atoms with Crippen LogP contribution in [0.5, 0.6) is 0 Å². The van der Waals surface area contributed by atoms with Crippen molar-refractivity contribution in [2.24, 2.45) is 0 Å². The fraction of sp³-hybridized carbons (Fsp3) is 0.375. The predicted octanol–water partition coefficient (Wildman–Crippen LogP) is 5.59. The number of rotatable bonds is 8. The molecule has 32 heavy (non-hydrogen) atoms. The highest BCUT2D eigenvalue weighted by atomic mass is 32.2. The van der Waals surface area contributed by atoms with E-state index < -0.39 is 0 Å². The molecule has 0 aliphatic heterocycles. The molecule has 0 bridgehead atoms. The number of aromatic nitrogens is 3. The molecule has 0 saturated heterocycles. The van der Waals surface area contributed by atoms with Crippen LogP contribution in [0.3, 0.4) is 0 Å². The molecule has 2 aliphatic carbocycles. The van der Waals surface area contributed by atoms with Crippen LogP contribution in [-0.4, -0.2) is 31.3 Å². The van der Waals surface area contributed by atoms with Gasteiger partial charge < -0.3 is 9.32 Å². The summed E-state index contributed by atoms with van der Waals surface area (Å²) in [6, 6.07) is 10.6. The second kappa shape index (κ2) is 9.32. The van der Waals surface area contributed by atoms with Crippen molar-refractivity contribution in [1.82, 2.24) is 19.7 Å². The number of benzene rings is 1. The van der Waals surface area contributed by atoms with Gasteiger partial charge in [0.15, 0.2) is 11.0 Å². The van der Waals surface area contributed by atoms with Gasteiger partial charge in [0, 0.05) is 11.7 Å². The molecule has 1 fully saturated rings. The molecule has 1 aromatic carbocycles. The van der Waals surface area contributed by atoms with Crippen LogP contribution in [0.1, 0.15) is 50.3 Å². The number of amides is 1. The number of hydrogen-bond acceptors (Lipinski definition) is 5. The highest BCUT2D eigenvalue weighted by molar-refractivity contribution is 7.99. The van der Waals surface area contributed by atoms with Crippen LogP contribution in [0.15, 0.2) is 64.0 Å². The molecule has 0 radical (unpaired) electrons. The van der Waals surface area contributed by atoms with Crippen molar-refractivity contribution in [3.63, 3.8) is 0 Å². The normalized spacial score (nSPS) is 16.1. The minimum absolute atomic E-state index is 0.0114. The Bertz CT molecular complexity index is 1120. The SMILES string of the molecule is O=C(CSc1nnc(-c2ccccc2F)n1C1CC1)N(Cc1ccco1)C1=CCCCC1. The lowest BCUT2D eigenvalue weighted by atomic mass is 10.0. The van der Waals surface area contributed by atoms with Crippen LogP contribution in [0.4, 0.5) is 4.39 Å². The van der Waals surface area contributed by atoms with Crippen molar-refractivity contribution >= 4 is 17.7 Å². The number of thioether (sulfide) groups is 1. The van der Waals surface area contributed by atoms with Gasteiger partial charge >= 0.3 is 0 Å². The Morgan fingerprint density at radius 3 is 2.78 bits per heavy atom. The average Bonchev–Trinajstić information content (AvgIpc) is 3.35. The maximum Gasteiger partial charge on any atom is 0.237 e. The summed E-state index contributed by atoms with van der Waals surface area (Å²) in [4.78, 5) is 15.1. The van der Waals surface area contributed by atoms with Gasteiger partial charge in [-0.25, -0.2) is 4.39 Å². The van der Waals surface area contributed by atoms with Gasteiger partial charge in [0.25, 0.3) is 0 Å². The molecule has 5 rings (SSSR count). The average molecular weight is 453 g/mol. The Kier molecular flexibility index (Phi) is 6.12. The maximum absolute atomic E-state index is 14.4. The lowest BCUT2D eigenvalue weighted by Gasteiger charge is -2.27. The molecule has 2 heterocycles. The number of hydrogen-bond donors (Lipinski definition) is 0. The van der Waals surface area contributed by atoms with Crippen LogP contribution in [0, 0.1) is 5.82 Å². The summed E-state index contributed by atoms with van der Waals surface area (Å²) in [6.07, 6.45) is 9.95. The van der Waals surface area contributed by atoms with E-state index in [9.17, 15) is 9.18 Å². The van der Waals surface area contributed by atoms with E-state index in [1.54, 1.807) is 24.5 Å². The third-order valence-corrected chi connectivity index (χ3v) is 6.75. The van der Waals surface area contributed by atoms with E-state index in [0.717, 1.165) is 50.0 Å². The van der Waals surface area contributed by atoms with Crippen LogP contribution in [-0.2, 0) is 11.3 Å². The van der Waals surface area contributed by atoms with Gasteiger partial charge in [0.05, 0.1) is 24.1 Å². The number of carbonyl (C=O) groups is 1. The lowest BCUT2D eigenvalue weighted by Crippen LogP contribution is -2.32. The van der Waals surface area contributed by atoms with Gasteiger partial charge in [-0.3, -0.25) is 9.36 Å². The largest absolute Gasteiger partial charge is 0.467 e. The Morgan fingerprint density at radius 2 is 2.06 bits per heavy atom. The van der Waals surface area contributed by atoms with Gasteiger partial charge in [-0.1, -0.05) is 30.0 Å². The summed E-state index contributed by atoms with van der Waals surface area (Å²) in [5.41, 5.74) is 1.51. The molecule has 2 aromatic heterocycles. The highest BCUT2D eigenvalue weighted by Gasteiger charge is 2.31. The summed E-state index contributed by atoms with van der Waals surface area (Å²) in [5, 5.41) is 9.26. The van der Waals surface area contributed by atoms with E-state index in [0.29, 0.717) is 23.1 Å². The lowest BCUT2D eigenvalue weighted by molar-refractivity contribution is -0.127. The number of halogens is 1. The molecule has 6 nitrogen and oxygen atoms in total. The summed E-state index contributed by atoms with van der Waals surface area (Å²) >= 11 is 1.37. The van der Waals surface area contributed by atoms with Crippen LogP contribution in [0.2, 0.25) is 0 Å². The molecule has 0 spiro atoms. The first-order chi connectivity index (χ1) is 15.7. The molecule has 1 saturated carbocycles. The Balaban J connectivity index is 1.35. The van der Waals surface area contributed by atoms with E-state index in [1.807, 2.05) is 21.6 Å². The Morgan fingerprint density at radius 1 is 1.19 bits per heavy atom. The van der Waals surface area contributed by atoms with Crippen molar-refractivity contribution in [3.8, 4) is 11.4 Å². The molecule has 2 aliphatic rings.